The van der Waals surface area contributed by atoms with E-state index in [2.05, 4.69) is 5.32 Å². The van der Waals surface area contributed by atoms with Gasteiger partial charge in [0.25, 0.3) is 0 Å². The summed E-state index contributed by atoms with van der Waals surface area (Å²) in [7, 11) is 1.59. The quantitative estimate of drug-likeness (QED) is 0.871. The minimum atomic E-state index is -4.30. The van der Waals surface area contributed by atoms with Crippen LogP contribution in [0.2, 0.25) is 0 Å². The third-order valence-corrected chi connectivity index (χ3v) is 3.95. The van der Waals surface area contributed by atoms with Gasteiger partial charge >= 0.3 is 6.18 Å². The molecule has 1 heterocycles. The summed E-state index contributed by atoms with van der Waals surface area (Å²) < 4.78 is 41.7. The molecule has 23 heavy (non-hydrogen) atoms. The Morgan fingerprint density at radius 3 is 2.83 bits per heavy atom. The smallest absolute Gasteiger partial charge is 0.401 e. The van der Waals surface area contributed by atoms with Gasteiger partial charge in [-0.05, 0) is 30.9 Å². The Labute approximate surface area is 133 Å². The van der Waals surface area contributed by atoms with Crippen molar-refractivity contribution in [2.45, 2.75) is 31.5 Å². The number of methoxy groups -OCH3 is 1. The number of rotatable bonds is 6. The normalized spacial score (nSPS) is 18.3. The number of amides is 1. The first-order valence-electron chi connectivity index (χ1n) is 7.59. The molecule has 128 valence electrons. The van der Waals surface area contributed by atoms with E-state index in [1.807, 2.05) is 24.3 Å². The molecule has 0 aliphatic carbocycles. The molecular formula is C16H21F3N2O2. The first-order chi connectivity index (χ1) is 10.9. The van der Waals surface area contributed by atoms with Crippen molar-refractivity contribution >= 4 is 5.91 Å². The SMILES string of the molecule is COc1ccccc1CC1CCCN1C(=O)CNCC(F)(F)F. The zero-order chi connectivity index (χ0) is 16.9. The Morgan fingerprint density at radius 1 is 1.39 bits per heavy atom. The second kappa shape index (κ2) is 7.68. The van der Waals surface area contributed by atoms with Crippen LogP contribution in [0.25, 0.3) is 0 Å². The van der Waals surface area contributed by atoms with Gasteiger partial charge in [-0.1, -0.05) is 18.2 Å². The number of para-hydroxylation sites is 1. The standard InChI is InChI=1S/C16H21F3N2O2/c1-23-14-7-3-2-5-12(14)9-13-6-4-8-21(13)15(22)10-20-11-16(17,18)19/h2-3,5,7,13,20H,4,6,8-11H2,1H3. The molecule has 0 bridgehead atoms. The highest BCUT2D eigenvalue weighted by molar-refractivity contribution is 5.79. The van der Waals surface area contributed by atoms with Gasteiger partial charge in [-0.2, -0.15) is 13.2 Å². The van der Waals surface area contributed by atoms with Crippen molar-refractivity contribution in [3.8, 4) is 5.75 Å². The van der Waals surface area contributed by atoms with Crippen molar-refractivity contribution in [1.29, 1.82) is 0 Å². The maximum Gasteiger partial charge on any atom is 0.401 e. The molecule has 1 aromatic carbocycles. The zero-order valence-electron chi connectivity index (χ0n) is 13.0. The van der Waals surface area contributed by atoms with Crippen molar-refractivity contribution in [3.63, 3.8) is 0 Å². The number of hydrogen-bond acceptors (Lipinski definition) is 3. The van der Waals surface area contributed by atoms with Gasteiger partial charge < -0.3 is 15.0 Å². The van der Waals surface area contributed by atoms with Crippen LogP contribution in [-0.2, 0) is 11.2 Å². The molecule has 0 aromatic heterocycles. The topological polar surface area (TPSA) is 41.6 Å². The Bertz CT molecular complexity index is 534. The summed E-state index contributed by atoms with van der Waals surface area (Å²) in [5.74, 6) is 0.480. The van der Waals surface area contributed by atoms with Crippen LogP contribution in [0.5, 0.6) is 5.75 Å². The number of halogens is 3. The Morgan fingerprint density at radius 2 is 2.13 bits per heavy atom. The van der Waals surface area contributed by atoms with Gasteiger partial charge in [0.15, 0.2) is 0 Å². The Hall–Kier alpha value is -1.76. The molecule has 1 aliphatic heterocycles. The van der Waals surface area contributed by atoms with E-state index in [0.717, 1.165) is 24.2 Å². The fourth-order valence-electron chi connectivity index (χ4n) is 2.91. The number of carbonyl (C=O) groups is 1. The van der Waals surface area contributed by atoms with E-state index in [1.54, 1.807) is 12.0 Å². The number of nitrogens with zero attached hydrogens (tertiary/aromatic N) is 1. The van der Waals surface area contributed by atoms with Gasteiger partial charge in [0.2, 0.25) is 5.91 Å². The molecule has 1 unspecified atom stereocenters. The van der Waals surface area contributed by atoms with Crippen LogP contribution in [0.3, 0.4) is 0 Å². The van der Waals surface area contributed by atoms with Crippen molar-refractivity contribution in [2.24, 2.45) is 0 Å². The summed E-state index contributed by atoms with van der Waals surface area (Å²) >= 11 is 0. The largest absolute Gasteiger partial charge is 0.496 e. The number of nitrogens with one attached hydrogen (secondary N) is 1. The predicted octanol–water partition coefficient (Wildman–Crippen LogP) is 2.38. The summed E-state index contributed by atoms with van der Waals surface area (Å²) in [5.41, 5.74) is 1.00. The number of ether oxygens (including phenoxy) is 1. The first kappa shape index (κ1) is 17.6. The highest BCUT2D eigenvalue weighted by Crippen LogP contribution is 2.26. The molecule has 4 nitrogen and oxygen atoms in total. The van der Waals surface area contributed by atoms with Gasteiger partial charge in [0.1, 0.15) is 5.75 Å². The van der Waals surface area contributed by atoms with E-state index in [1.165, 1.54) is 0 Å². The lowest BCUT2D eigenvalue weighted by Crippen LogP contribution is -2.43. The molecule has 1 aromatic rings. The van der Waals surface area contributed by atoms with Crippen molar-refractivity contribution < 1.29 is 22.7 Å². The molecular weight excluding hydrogens is 309 g/mol. The molecule has 0 spiro atoms. The van der Waals surface area contributed by atoms with Gasteiger partial charge in [-0.25, -0.2) is 0 Å². The third-order valence-electron chi connectivity index (χ3n) is 3.95. The lowest BCUT2D eigenvalue weighted by atomic mass is 10.0. The summed E-state index contributed by atoms with van der Waals surface area (Å²) in [5, 5.41) is 2.17. The van der Waals surface area contributed by atoms with Crippen LogP contribution in [0.15, 0.2) is 24.3 Å². The lowest BCUT2D eigenvalue weighted by Gasteiger charge is -2.25. The van der Waals surface area contributed by atoms with Crippen LogP contribution < -0.4 is 10.1 Å². The summed E-state index contributed by atoms with van der Waals surface area (Å²) in [6.45, 7) is -0.849. The number of alkyl halides is 3. The Kier molecular flexibility index (Phi) is 5.87. The molecule has 0 saturated carbocycles. The number of benzene rings is 1. The molecule has 0 radical (unpaired) electrons. The van der Waals surface area contributed by atoms with Crippen LogP contribution in [-0.4, -0.2) is 49.8 Å². The van der Waals surface area contributed by atoms with Crippen molar-refractivity contribution in [2.75, 3.05) is 26.7 Å². The van der Waals surface area contributed by atoms with Crippen LogP contribution >= 0.6 is 0 Å². The monoisotopic (exact) mass is 330 g/mol. The lowest BCUT2D eigenvalue weighted by molar-refractivity contribution is -0.134. The third kappa shape index (κ3) is 5.13. The predicted molar refractivity (Wildman–Crippen MR) is 80.4 cm³/mol. The van der Waals surface area contributed by atoms with E-state index in [4.69, 9.17) is 4.74 Å². The van der Waals surface area contributed by atoms with E-state index >= 15 is 0 Å². The summed E-state index contributed by atoms with van der Waals surface area (Å²) in [6.07, 6.45) is -1.94. The van der Waals surface area contributed by atoms with Crippen LogP contribution in [0.4, 0.5) is 13.2 Å². The average molecular weight is 330 g/mol. The molecule has 1 N–H and O–H groups in total. The maximum absolute atomic E-state index is 12.2. The van der Waals surface area contributed by atoms with E-state index in [-0.39, 0.29) is 18.5 Å². The van der Waals surface area contributed by atoms with E-state index < -0.39 is 12.7 Å². The second-order valence-electron chi connectivity index (χ2n) is 5.62. The molecule has 1 saturated heterocycles. The minimum absolute atomic E-state index is 0.00601. The Balaban J connectivity index is 1.93. The highest BCUT2D eigenvalue weighted by Gasteiger charge is 2.31. The van der Waals surface area contributed by atoms with E-state index in [0.29, 0.717) is 13.0 Å². The number of hydrogen-bond donors (Lipinski definition) is 1. The van der Waals surface area contributed by atoms with Gasteiger partial charge in [0, 0.05) is 12.6 Å². The highest BCUT2D eigenvalue weighted by atomic mass is 19.4. The van der Waals surface area contributed by atoms with Crippen LogP contribution in [0, 0.1) is 0 Å². The first-order valence-corrected chi connectivity index (χ1v) is 7.59. The zero-order valence-corrected chi connectivity index (χ0v) is 13.0. The molecule has 1 atom stereocenters. The molecule has 7 heteroatoms. The van der Waals surface area contributed by atoms with Gasteiger partial charge in [-0.15, -0.1) is 0 Å². The second-order valence-corrected chi connectivity index (χ2v) is 5.62. The molecule has 1 amide bonds. The fourth-order valence-corrected chi connectivity index (χ4v) is 2.91. The summed E-state index contributed by atoms with van der Waals surface area (Å²) in [6, 6.07) is 7.60. The summed E-state index contributed by atoms with van der Waals surface area (Å²) in [4.78, 5) is 13.8. The average Bonchev–Trinajstić information content (AvgIpc) is 2.94. The van der Waals surface area contributed by atoms with Crippen LogP contribution in [0.1, 0.15) is 18.4 Å². The molecule has 2 rings (SSSR count). The minimum Gasteiger partial charge on any atom is -0.496 e. The maximum atomic E-state index is 12.2. The molecule has 1 fully saturated rings. The van der Waals surface area contributed by atoms with Crippen molar-refractivity contribution in [1.82, 2.24) is 10.2 Å². The van der Waals surface area contributed by atoms with E-state index in [9.17, 15) is 18.0 Å². The van der Waals surface area contributed by atoms with Gasteiger partial charge in [0.05, 0.1) is 20.2 Å². The molecule has 1 aliphatic rings. The number of carbonyl (C=O) groups excluding carboxylic acids is 1. The number of likely N-dealkylation sites (tertiary alicyclic amines) is 1. The van der Waals surface area contributed by atoms with Crippen molar-refractivity contribution in [3.05, 3.63) is 29.8 Å². The fraction of sp³-hybridized carbons (Fsp3) is 0.562. The van der Waals surface area contributed by atoms with Gasteiger partial charge in [-0.3, -0.25) is 4.79 Å².